The number of carbonyl (C=O) groups excluding carboxylic acids is 1. The minimum Gasteiger partial charge on any atom is -0.507 e. The summed E-state index contributed by atoms with van der Waals surface area (Å²) in [5, 5.41) is 9.92. The zero-order chi connectivity index (χ0) is 17.6. The molecule has 0 bridgehead atoms. The molecular formula is C22H18O3. The van der Waals surface area contributed by atoms with Gasteiger partial charge in [-0.15, -0.1) is 0 Å². The van der Waals surface area contributed by atoms with Gasteiger partial charge in [-0.25, -0.2) is 4.79 Å². The van der Waals surface area contributed by atoms with E-state index in [0.29, 0.717) is 5.56 Å². The lowest BCUT2D eigenvalue weighted by Gasteiger charge is -2.06. The molecule has 0 unspecified atom stereocenters. The largest absolute Gasteiger partial charge is 0.507 e. The van der Waals surface area contributed by atoms with E-state index in [0.717, 1.165) is 11.1 Å². The van der Waals surface area contributed by atoms with Gasteiger partial charge in [0, 0.05) is 0 Å². The third-order valence-electron chi connectivity index (χ3n) is 3.94. The number of rotatable bonds is 4. The van der Waals surface area contributed by atoms with Crippen LogP contribution in [0.3, 0.4) is 0 Å². The van der Waals surface area contributed by atoms with Gasteiger partial charge in [-0.05, 0) is 28.3 Å². The van der Waals surface area contributed by atoms with Crippen LogP contribution in [0.4, 0.5) is 0 Å². The number of ether oxygens (including phenoxy) is 1. The maximum Gasteiger partial charge on any atom is 0.342 e. The molecule has 0 spiro atoms. The molecule has 0 aromatic heterocycles. The molecule has 3 rings (SSSR count). The van der Waals surface area contributed by atoms with Gasteiger partial charge < -0.3 is 9.84 Å². The Kier molecular flexibility index (Phi) is 4.95. The highest BCUT2D eigenvalue weighted by molar-refractivity contribution is 5.97. The monoisotopic (exact) mass is 330 g/mol. The van der Waals surface area contributed by atoms with E-state index in [1.54, 1.807) is 18.2 Å². The molecule has 3 heteroatoms. The fourth-order valence-electron chi connectivity index (χ4n) is 2.62. The summed E-state index contributed by atoms with van der Waals surface area (Å²) >= 11 is 0. The molecule has 124 valence electrons. The molecule has 0 aliphatic rings. The Labute approximate surface area is 146 Å². The van der Waals surface area contributed by atoms with Crippen LogP contribution in [0.15, 0.2) is 72.8 Å². The van der Waals surface area contributed by atoms with Crippen molar-refractivity contribution >= 4 is 18.1 Å². The van der Waals surface area contributed by atoms with Crippen LogP contribution in [0.25, 0.3) is 23.3 Å². The number of phenolic OH excluding ortho intramolecular Hbond substituents is 1. The second kappa shape index (κ2) is 7.49. The van der Waals surface area contributed by atoms with Gasteiger partial charge in [0.2, 0.25) is 0 Å². The first-order chi connectivity index (χ1) is 12.2. The quantitative estimate of drug-likeness (QED) is 0.540. The van der Waals surface area contributed by atoms with Gasteiger partial charge in [-0.2, -0.15) is 0 Å². The van der Waals surface area contributed by atoms with Crippen molar-refractivity contribution in [1.29, 1.82) is 0 Å². The summed E-state index contributed by atoms with van der Waals surface area (Å²) < 4.78 is 4.74. The van der Waals surface area contributed by atoms with Gasteiger partial charge in [0.1, 0.15) is 11.3 Å². The number of phenols is 1. The number of methoxy groups -OCH3 is 1. The van der Waals surface area contributed by atoms with Crippen molar-refractivity contribution in [2.45, 2.75) is 0 Å². The van der Waals surface area contributed by atoms with Crippen LogP contribution >= 0.6 is 0 Å². The third-order valence-corrected chi connectivity index (χ3v) is 3.94. The molecule has 3 aromatic rings. The molecule has 0 heterocycles. The molecule has 25 heavy (non-hydrogen) atoms. The van der Waals surface area contributed by atoms with E-state index < -0.39 is 5.97 Å². The van der Waals surface area contributed by atoms with Crippen molar-refractivity contribution in [3.05, 3.63) is 89.5 Å². The normalized spacial score (nSPS) is 10.8. The Balaban J connectivity index is 1.86. The molecule has 0 fully saturated rings. The van der Waals surface area contributed by atoms with Crippen molar-refractivity contribution in [3.63, 3.8) is 0 Å². The minimum atomic E-state index is -0.558. The molecule has 1 N–H and O–H groups in total. The summed E-state index contributed by atoms with van der Waals surface area (Å²) in [6.45, 7) is 0. The second-order valence-electron chi connectivity index (χ2n) is 5.55. The van der Waals surface area contributed by atoms with Crippen molar-refractivity contribution in [1.82, 2.24) is 0 Å². The highest BCUT2D eigenvalue weighted by atomic mass is 16.5. The Bertz CT molecular complexity index is 894. The molecule has 3 nitrogen and oxygen atoms in total. The average Bonchev–Trinajstić information content (AvgIpc) is 2.67. The molecule has 0 amide bonds. The maximum atomic E-state index is 11.9. The standard InChI is InChI=1S/C22H18O3/c1-25-22(24)21-19(8-5-9-20(21)23)15-12-16-10-13-18(14-11-16)17-6-3-2-4-7-17/h2-15,23H,1H3. The van der Waals surface area contributed by atoms with Crippen LogP contribution in [0.1, 0.15) is 21.5 Å². The highest BCUT2D eigenvalue weighted by Gasteiger charge is 2.14. The molecule has 0 atom stereocenters. The lowest BCUT2D eigenvalue weighted by molar-refractivity contribution is 0.0597. The summed E-state index contributed by atoms with van der Waals surface area (Å²) in [5.74, 6) is -0.648. The summed E-state index contributed by atoms with van der Waals surface area (Å²) in [6.07, 6.45) is 3.69. The molecule has 3 aromatic carbocycles. The van der Waals surface area contributed by atoms with Gasteiger partial charge in [0.25, 0.3) is 0 Å². The zero-order valence-corrected chi connectivity index (χ0v) is 13.8. The van der Waals surface area contributed by atoms with E-state index >= 15 is 0 Å². The summed E-state index contributed by atoms with van der Waals surface area (Å²) in [4.78, 5) is 11.9. The zero-order valence-electron chi connectivity index (χ0n) is 13.8. The van der Waals surface area contributed by atoms with Crippen LogP contribution in [-0.4, -0.2) is 18.2 Å². The van der Waals surface area contributed by atoms with Gasteiger partial charge in [-0.1, -0.05) is 78.9 Å². The summed E-state index contributed by atoms with van der Waals surface area (Å²) in [6, 6.07) is 23.2. The fourth-order valence-corrected chi connectivity index (χ4v) is 2.62. The smallest absolute Gasteiger partial charge is 0.342 e. The summed E-state index contributed by atoms with van der Waals surface area (Å²) in [5.41, 5.74) is 4.09. The highest BCUT2D eigenvalue weighted by Crippen LogP contribution is 2.24. The lowest BCUT2D eigenvalue weighted by Crippen LogP contribution is -2.03. The SMILES string of the molecule is COC(=O)c1c(O)cccc1C=Cc1ccc(-c2ccccc2)cc1. The van der Waals surface area contributed by atoms with Crippen LogP contribution in [-0.2, 0) is 4.74 Å². The van der Waals surface area contributed by atoms with Gasteiger partial charge in [0.05, 0.1) is 7.11 Å². The van der Waals surface area contributed by atoms with E-state index in [-0.39, 0.29) is 11.3 Å². The molecule has 0 aliphatic carbocycles. The first-order valence-corrected chi connectivity index (χ1v) is 7.93. The van der Waals surface area contributed by atoms with Crippen LogP contribution in [0, 0.1) is 0 Å². The van der Waals surface area contributed by atoms with Gasteiger partial charge in [0.15, 0.2) is 0 Å². The molecular weight excluding hydrogens is 312 g/mol. The number of aromatic hydroxyl groups is 1. The predicted octanol–water partition coefficient (Wildman–Crippen LogP) is 5.02. The first kappa shape index (κ1) is 16.5. The fraction of sp³-hybridized carbons (Fsp3) is 0.0455. The first-order valence-electron chi connectivity index (χ1n) is 7.93. The minimum absolute atomic E-state index is 0.0894. The number of benzene rings is 3. The molecule has 0 aliphatic heterocycles. The second-order valence-corrected chi connectivity index (χ2v) is 5.55. The third kappa shape index (κ3) is 3.78. The van der Waals surface area contributed by atoms with Crippen molar-refractivity contribution in [2.24, 2.45) is 0 Å². The molecule has 0 radical (unpaired) electrons. The Morgan fingerprint density at radius 1 is 0.840 bits per heavy atom. The van der Waals surface area contributed by atoms with E-state index in [1.165, 1.54) is 18.7 Å². The topological polar surface area (TPSA) is 46.5 Å². The maximum absolute atomic E-state index is 11.9. The van der Waals surface area contributed by atoms with E-state index in [9.17, 15) is 9.90 Å². The lowest BCUT2D eigenvalue weighted by atomic mass is 10.0. The van der Waals surface area contributed by atoms with Crippen molar-refractivity contribution < 1.29 is 14.6 Å². The Hall–Kier alpha value is -3.33. The molecule has 0 saturated carbocycles. The van der Waals surface area contributed by atoms with Crippen LogP contribution < -0.4 is 0 Å². The Morgan fingerprint density at radius 2 is 1.52 bits per heavy atom. The number of carbonyl (C=O) groups is 1. The predicted molar refractivity (Wildman–Crippen MR) is 100 cm³/mol. The van der Waals surface area contributed by atoms with Crippen LogP contribution in [0.2, 0.25) is 0 Å². The van der Waals surface area contributed by atoms with Crippen molar-refractivity contribution in [2.75, 3.05) is 7.11 Å². The van der Waals surface area contributed by atoms with Crippen molar-refractivity contribution in [3.8, 4) is 16.9 Å². The number of esters is 1. The van der Waals surface area contributed by atoms with Crippen LogP contribution in [0.5, 0.6) is 5.75 Å². The van der Waals surface area contributed by atoms with E-state index in [4.69, 9.17) is 4.74 Å². The van der Waals surface area contributed by atoms with Gasteiger partial charge in [-0.3, -0.25) is 0 Å². The Morgan fingerprint density at radius 3 is 2.20 bits per heavy atom. The van der Waals surface area contributed by atoms with E-state index in [1.807, 2.05) is 36.4 Å². The van der Waals surface area contributed by atoms with E-state index in [2.05, 4.69) is 24.3 Å². The number of hydrogen-bond acceptors (Lipinski definition) is 3. The van der Waals surface area contributed by atoms with Gasteiger partial charge >= 0.3 is 5.97 Å². The number of hydrogen-bond donors (Lipinski definition) is 1. The molecule has 0 saturated heterocycles. The summed E-state index contributed by atoms with van der Waals surface area (Å²) in [7, 11) is 1.30. The average molecular weight is 330 g/mol.